The Hall–Kier alpha value is -3.48. The van der Waals surface area contributed by atoms with E-state index < -0.39 is 18.0 Å². The van der Waals surface area contributed by atoms with Crippen LogP contribution in [0.5, 0.6) is 0 Å². The second-order valence-electron chi connectivity index (χ2n) is 5.78. The van der Waals surface area contributed by atoms with Gasteiger partial charge in [0.05, 0.1) is 18.0 Å². The zero-order valence-corrected chi connectivity index (χ0v) is 14.8. The van der Waals surface area contributed by atoms with Crippen molar-refractivity contribution in [2.24, 2.45) is 4.99 Å². The molecule has 0 saturated heterocycles. The van der Waals surface area contributed by atoms with Crippen molar-refractivity contribution in [3.8, 4) is 0 Å². The number of anilines is 1. The molecule has 3 rings (SSSR count). The Kier molecular flexibility index (Phi) is 5.61. The molecule has 2 aromatic carbocycles. The molecule has 0 aliphatic carbocycles. The van der Waals surface area contributed by atoms with Crippen molar-refractivity contribution in [2.75, 3.05) is 18.1 Å². The third kappa shape index (κ3) is 3.87. The molecule has 0 aromatic heterocycles. The Morgan fingerprint density at radius 3 is 2.59 bits per heavy atom. The summed E-state index contributed by atoms with van der Waals surface area (Å²) in [6.07, 6.45) is -0.716. The first kappa shape index (κ1) is 18.3. The maximum atomic E-state index is 13.0. The van der Waals surface area contributed by atoms with Crippen LogP contribution in [0.25, 0.3) is 0 Å². The summed E-state index contributed by atoms with van der Waals surface area (Å²) in [5.41, 5.74) is 2.59. The van der Waals surface area contributed by atoms with Crippen LogP contribution in [0.3, 0.4) is 0 Å². The van der Waals surface area contributed by atoms with Gasteiger partial charge in [-0.25, -0.2) is 4.99 Å². The van der Waals surface area contributed by atoms with Gasteiger partial charge in [-0.3, -0.25) is 19.3 Å². The van der Waals surface area contributed by atoms with Gasteiger partial charge in [0.1, 0.15) is 6.54 Å². The monoisotopic (exact) mass is 365 g/mol. The van der Waals surface area contributed by atoms with Crippen LogP contribution < -0.4 is 10.2 Å². The van der Waals surface area contributed by atoms with E-state index >= 15 is 0 Å². The van der Waals surface area contributed by atoms with Crippen molar-refractivity contribution in [1.82, 2.24) is 5.32 Å². The van der Waals surface area contributed by atoms with Crippen molar-refractivity contribution in [3.05, 3.63) is 65.7 Å². The average Bonchev–Trinajstić information content (AvgIpc) is 2.80. The molecule has 1 atom stereocenters. The zero-order chi connectivity index (χ0) is 19.2. The van der Waals surface area contributed by atoms with Crippen LogP contribution in [0.4, 0.5) is 5.69 Å². The predicted octanol–water partition coefficient (Wildman–Crippen LogP) is 1.51. The summed E-state index contributed by atoms with van der Waals surface area (Å²) in [5.74, 6) is -1.04. The second kappa shape index (κ2) is 8.27. The van der Waals surface area contributed by atoms with Gasteiger partial charge in [-0.2, -0.15) is 0 Å². The number of aliphatic imine (C=N–C) groups is 1. The van der Waals surface area contributed by atoms with E-state index in [-0.39, 0.29) is 13.2 Å². The number of carbonyl (C=O) groups excluding carboxylic acids is 3. The number of hydrogen-bond acceptors (Lipinski definition) is 5. The van der Waals surface area contributed by atoms with Crippen molar-refractivity contribution in [3.63, 3.8) is 0 Å². The fourth-order valence-electron chi connectivity index (χ4n) is 2.93. The molecule has 7 nitrogen and oxygen atoms in total. The molecular weight excluding hydrogens is 346 g/mol. The normalized spacial score (nSPS) is 16.0. The topological polar surface area (TPSA) is 88.1 Å². The van der Waals surface area contributed by atoms with E-state index in [9.17, 15) is 14.4 Å². The molecule has 1 unspecified atom stereocenters. The highest BCUT2D eigenvalue weighted by molar-refractivity contribution is 6.20. The lowest BCUT2D eigenvalue weighted by Crippen LogP contribution is -2.47. The summed E-state index contributed by atoms with van der Waals surface area (Å²) in [7, 11) is 0. The Morgan fingerprint density at radius 2 is 1.89 bits per heavy atom. The molecule has 2 amide bonds. The number of ether oxygens (including phenoxy) is 1. The minimum Gasteiger partial charge on any atom is -0.465 e. The minimum atomic E-state index is -1.14. The van der Waals surface area contributed by atoms with Gasteiger partial charge in [-0.1, -0.05) is 48.5 Å². The molecular formula is C20H19N3O4. The fraction of sp³-hybridized carbons (Fsp3) is 0.200. The van der Waals surface area contributed by atoms with Gasteiger partial charge < -0.3 is 10.1 Å². The summed E-state index contributed by atoms with van der Waals surface area (Å²) in [4.78, 5) is 41.9. The quantitative estimate of drug-likeness (QED) is 0.621. The first-order chi connectivity index (χ1) is 13.2. The molecule has 0 fully saturated rings. The van der Waals surface area contributed by atoms with Crippen molar-refractivity contribution in [1.29, 1.82) is 0 Å². The largest absolute Gasteiger partial charge is 0.465 e. The predicted molar refractivity (Wildman–Crippen MR) is 100 cm³/mol. The Morgan fingerprint density at radius 1 is 1.19 bits per heavy atom. The number of hydrogen-bond donors (Lipinski definition) is 1. The van der Waals surface area contributed by atoms with E-state index in [2.05, 4.69) is 10.3 Å². The Labute approximate surface area is 156 Å². The van der Waals surface area contributed by atoms with Crippen molar-refractivity contribution >= 4 is 29.7 Å². The van der Waals surface area contributed by atoms with Gasteiger partial charge in [-0.05, 0) is 13.0 Å². The van der Waals surface area contributed by atoms with Crippen LogP contribution in [0.15, 0.2) is 59.6 Å². The van der Waals surface area contributed by atoms with Gasteiger partial charge in [0.25, 0.3) is 5.91 Å². The second-order valence-corrected chi connectivity index (χ2v) is 5.78. The number of para-hydroxylation sites is 1. The van der Waals surface area contributed by atoms with Crippen LogP contribution >= 0.6 is 0 Å². The number of nitrogens with one attached hydrogen (secondary N) is 1. The first-order valence-corrected chi connectivity index (χ1v) is 8.55. The van der Waals surface area contributed by atoms with E-state index in [4.69, 9.17) is 4.74 Å². The number of esters is 1. The van der Waals surface area contributed by atoms with Crippen molar-refractivity contribution in [2.45, 2.75) is 13.1 Å². The molecule has 27 heavy (non-hydrogen) atoms. The summed E-state index contributed by atoms with van der Waals surface area (Å²) >= 11 is 0. The summed E-state index contributed by atoms with van der Waals surface area (Å²) in [5, 5.41) is 2.43. The third-order valence-corrected chi connectivity index (χ3v) is 4.07. The highest BCUT2D eigenvalue weighted by atomic mass is 16.5. The maximum absolute atomic E-state index is 13.0. The van der Waals surface area contributed by atoms with Gasteiger partial charge >= 0.3 is 5.97 Å². The molecule has 0 radical (unpaired) electrons. The molecule has 0 saturated carbocycles. The number of nitrogens with zero attached hydrogens (tertiary/aromatic N) is 2. The fourth-order valence-corrected chi connectivity index (χ4v) is 2.93. The van der Waals surface area contributed by atoms with E-state index in [0.717, 1.165) is 5.56 Å². The summed E-state index contributed by atoms with van der Waals surface area (Å²) in [6, 6.07) is 16.5. The molecule has 0 bridgehead atoms. The maximum Gasteiger partial charge on any atom is 0.326 e. The van der Waals surface area contributed by atoms with Gasteiger partial charge in [-0.15, -0.1) is 0 Å². The Balaban J connectivity index is 2.14. The number of benzene rings is 2. The number of rotatable bonds is 6. The van der Waals surface area contributed by atoms with E-state index in [1.165, 1.54) is 4.90 Å². The van der Waals surface area contributed by atoms with Crippen LogP contribution in [-0.2, 0) is 19.1 Å². The smallest absolute Gasteiger partial charge is 0.326 e. The standard InChI is InChI=1S/C20H19N3O4/c1-2-27-17(25)12-23-16-11-7-6-10-15(16)18(14-8-4-3-5-9-14)22-19(20(23)26)21-13-24/h3-11,13,19H,2,12H2,1H3,(H,21,24). The SMILES string of the molecule is CCOC(=O)CN1C(=O)C(NC=O)N=C(c2ccccc2)c2ccccc21. The van der Waals surface area contributed by atoms with Crippen LogP contribution in [0.1, 0.15) is 18.1 Å². The van der Waals surface area contributed by atoms with Crippen LogP contribution in [-0.4, -0.2) is 43.3 Å². The number of benzodiazepines with no additional fused rings is 1. The lowest BCUT2D eigenvalue weighted by Gasteiger charge is -2.23. The zero-order valence-electron chi connectivity index (χ0n) is 14.8. The third-order valence-electron chi connectivity index (χ3n) is 4.07. The number of fused-ring (bicyclic) bond motifs is 1. The summed E-state index contributed by atoms with van der Waals surface area (Å²) in [6.45, 7) is 1.64. The lowest BCUT2D eigenvalue weighted by molar-refractivity contribution is -0.142. The molecule has 0 spiro atoms. The van der Waals surface area contributed by atoms with E-state index in [1.54, 1.807) is 19.1 Å². The highest BCUT2D eigenvalue weighted by Gasteiger charge is 2.33. The molecule has 7 heteroatoms. The van der Waals surface area contributed by atoms with Gasteiger partial charge in [0, 0.05) is 11.1 Å². The van der Waals surface area contributed by atoms with Gasteiger partial charge in [0.2, 0.25) is 12.6 Å². The molecule has 1 aliphatic heterocycles. The van der Waals surface area contributed by atoms with Crippen molar-refractivity contribution < 1.29 is 19.1 Å². The van der Waals surface area contributed by atoms with E-state index in [0.29, 0.717) is 23.4 Å². The highest BCUT2D eigenvalue weighted by Crippen LogP contribution is 2.28. The molecule has 138 valence electrons. The number of amides is 2. The first-order valence-electron chi connectivity index (χ1n) is 8.55. The molecule has 2 aromatic rings. The lowest BCUT2D eigenvalue weighted by atomic mass is 10.0. The minimum absolute atomic E-state index is 0.213. The van der Waals surface area contributed by atoms with Crippen LogP contribution in [0.2, 0.25) is 0 Å². The Bertz CT molecular complexity index is 880. The summed E-state index contributed by atoms with van der Waals surface area (Å²) < 4.78 is 5.00. The average molecular weight is 365 g/mol. The van der Waals surface area contributed by atoms with Gasteiger partial charge in [0.15, 0.2) is 0 Å². The van der Waals surface area contributed by atoms with E-state index in [1.807, 2.05) is 42.5 Å². The molecule has 1 N–H and O–H groups in total. The number of carbonyl (C=O) groups is 3. The molecule has 1 heterocycles. The van der Waals surface area contributed by atoms with Crippen LogP contribution in [0, 0.1) is 0 Å². The molecule has 1 aliphatic rings.